The van der Waals surface area contributed by atoms with Gasteiger partial charge < -0.3 is 19.9 Å². The molecule has 5 rings (SSSR count). The lowest BCUT2D eigenvalue weighted by Crippen LogP contribution is -2.52. The molecule has 1 aliphatic rings. The van der Waals surface area contributed by atoms with Crippen molar-refractivity contribution in [3.05, 3.63) is 77.4 Å². The molecule has 2 amide bonds. The molecular formula is C25H20FN5O5. The minimum Gasteiger partial charge on any atom is -0.476 e. The molecule has 1 aliphatic heterocycles. The number of benzene rings is 2. The molecule has 0 bridgehead atoms. The Hall–Kier alpha value is -4.80. The number of ketones is 1. The summed E-state index contributed by atoms with van der Waals surface area (Å²) in [5.74, 6) is -3.75. The van der Waals surface area contributed by atoms with Crippen LogP contribution in [0.2, 0.25) is 0 Å². The summed E-state index contributed by atoms with van der Waals surface area (Å²) in [6.45, 7) is 0.881. The van der Waals surface area contributed by atoms with Crippen molar-refractivity contribution in [3.63, 3.8) is 0 Å². The summed E-state index contributed by atoms with van der Waals surface area (Å²) in [6, 6.07) is 12.7. The van der Waals surface area contributed by atoms with E-state index in [1.807, 2.05) is 6.07 Å². The molecule has 182 valence electrons. The average Bonchev–Trinajstić information content (AvgIpc) is 3.57. The maximum absolute atomic E-state index is 14.8. The summed E-state index contributed by atoms with van der Waals surface area (Å²) in [5, 5.41) is 15.3. The molecule has 0 spiro atoms. The number of carboxylic acids is 1. The molecule has 1 saturated heterocycles. The van der Waals surface area contributed by atoms with Gasteiger partial charge in [-0.1, -0.05) is 18.2 Å². The van der Waals surface area contributed by atoms with Gasteiger partial charge in [0.15, 0.2) is 5.69 Å². The van der Waals surface area contributed by atoms with Crippen LogP contribution in [0, 0.1) is 5.82 Å². The Morgan fingerprint density at radius 1 is 0.944 bits per heavy atom. The van der Waals surface area contributed by atoms with Crippen molar-refractivity contribution in [3.8, 4) is 11.3 Å². The van der Waals surface area contributed by atoms with Gasteiger partial charge in [0, 0.05) is 48.9 Å². The number of aromatic carboxylic acids is 1. The Morgan fingerprint density at radius 3 is 2.31 bits per heavy atom. The lowest BCUT2D eigenvalue weighted by molar-refractivity contribution is -0.127. The van der Waals surface area contributed by atoms with Crippen molar-refractivity contribution in [1.82, 2.24) is 25.0 Å². The maximum atomic E-state index is 14.8. The van der Waals surface area contributed by atoms with E-state index in [-0.39, 0.29) is 54.2 Å². The quantitative estimate of drug-likeness (QED) is 0.291. The number of hydrogen-bond donors (Lipinski definition) is 3. The molecule has 0 aliphatic carbocycles. The standard InChI is InChI=1S/C25H20FN5O5/c26-17-7-6-15(18-12-19(25(35)36)29-28-18)21-20(17)16(13-27-21)22(32)24(34)31-10-8-30(9-11-31)23(33)14-4-2-1-3-5-14/h1-7,12-13,27H,8-11H2,(H,28,29)(H,35,36). The van der Waals surface area contributed by atoms with Gasteiger partial charge in [-0.25, -0.2) is 9.18 Å². The molecule has 0 atom stereocenters. The number of aromatic nitrogens is 3. The fourth-order valence-corrected chi connectivity index (χ4v) is 4.31. The molecule has 2 aromatic carbocycles. The maximum Gasteiger partial charge on any atom is 0.356 e. The first-order valence-corrected chi connectivity index (χ1v) is 11.1. The van der Waals surface area contributed by atoms with Crippen LogP contribution in [0.4, 0.5) is 4.39 Å². The molecule has 0 saturated carbocycles. The number of carbonyl (C=O) groups excluding carboxylic acids is 3. The van der Waals surface area contributed by atoms with Gasteiger partial charge in [-0.05, 0) is 30.3 Å². The third-order valence-electron chi connectivity index (χ3n) is 6.19. The number of carboxylic acid groups (broad SMARTS) is 1. The van der Waals surface area contributed by atoms with Crippen LogP contribution in [-0.2, 0) is 4.79 Å². The number of H-pyrrole nitrogens is 2. The summed E-state index contributed by atoms with van der Waals surface area (Å²) >= 11 is 0. The van der Waals surface area contributed by atoms with Crippen LogP contribution in [-0.4, -0.2) is 79.8 Å². The van der Waals surface area contributed by atoms with Crippen molar-refractivity contribution in [2.75, 3.05) is 26.2 Å². The normalized spacial score (nSPS) is 13.7. The summed E-state index contributed by atoms with van der Waals surface area (Å²) in [7, 11) is 0. The van der Waals surface area contributed by atoms with Gasteiger partial charge in [-0.2, -0.15) is 5.10 Å². The van der Waals surface area contributed by atoms with Crippen LogP contribution >= 0.6 is 0 Å². The minimum absolute atomic E-state index is 0.0739. The van der Waals surface area contributed by atoms with Gasteiger partial charge in [-0.3, -0.25) is 19.5 Å². The van der Waals surface area contributed by atoms with Gasteiger partial charge in [0.05, 0.1) is 16.8 Å². The number of piperazine rings is 1. The number of fused-ring (bicyclic) bond motifs is 1. The van der Waals surface area contributed by atoms with Gasteiger partial charge in [0.25, 0.3) is 17.6 Å². The molecule has 2 aromatic heterocycles. The number of Topliss-reactive ketones (excluding diaryl/α,β-unsaturated/α-hetero) is 1. The Labute approximate surface area is 203 Å². The number of amides is 2. The highest BCUT2D eigenvalue weighted by molar-refractivity contribution is 6.45. The molecule has 3 N–H and O–H groups in total. The highest BCUT2D eigenvalue weighted by Crippen LogP contribution is 2.31. The van der Waals surface area contributed by atoms with E-state index in [1.165, 1.54) is 23.2 Å². The highest BCUT2D eigenvalue weighted by atomic mass is 19.1. The van der Waals surface area contributed by atoms with Gasteiger partial charge in [0.2, 0.25) is 0 Å². The Balaban J connectivity index is 1.35. The second kappa shape index (κ2) is 9.10. The van der Waals surface area contributed by atoms with Crippen LogP contribution in [0.5, 0.6) is 0 Å². The van der Waals surface area contributed by atoms with Crippen molar-refractivity contribution in [2.45, 2.75) is 0 Å². The topological polar surface area (TPSA) is 139 Å². The SMILES string of the molecule is O=C(O)c1cc(-c2ccc(F)c3c(C(=O)C(=O)N4CCN(C(=O)c5ccccc5)CC4)c[nH]c23)[nH]n1. The lowest BCUT2D eigenvalue weighted by Gasteiger charge is -2.34. The zero-order valence-electron chi connectivity index (χ0n) is 18.8. The molecule has 0 radical (unpaired) electrons. The molecule has 3 heterocycles. The Bertz CT molecular complexity index is 1500. The van der Waals surface area contributed by atoms with E-state index < -0.39 is 23.5 Å². The molecule has 4 aromatic rings. The van der Waals surface area contributed by atoms with Crippen LogP contribution in [0.3, 0.4) is 0 Å². The highest BCUT2D eigenvalue weighted by Gasteiger charge is 2.31. The first-order valence-electron chi connectivity index (χ1n) is 11.1. The second-order valence-electron chi connectivity index (χ2n) is 8.30. The Kier molecular flexibility index (Phi) is 5.80. The van der Waals surface area contributed by atoms with E-state index >= 15 is 0 Å². The van der Waals surface area contributed by atoms with Crippen molar-refractivity contribution in [1.29, 1.82) is 0 Å². The zero-order chi connectivity index (χ0) is 25.4. The molecule has 1 fully saturated rings. The van der Waals surface area contributed by atoms with E-state index in [1.54, 1.807) is 29.2 Å². The molecular weight excluding hydrogens is 469 g/mol. The smallest absolute Gasteiger partial charge is 0.356 e. The molecule has 0 unspecified atom stereocenters. The summed E-state index contributed by atoms with van der Waals surface area (Å²) < 4.78 is 14.8. The van der Waals surface area contributed by atoms with Crippen molar-refractivity contribution >= 4 is 34.5 Å². The van der Waals surface area contributed by atoms with Crippen molar-refractivity contribution < 1.29 is 28.7 Å². The first kappa shape index (κ1) is 23.0. The number of rotatable bonds is 5. The number of nitrogens with one attached hydrogen (secondary N) is 2. The van der Waals surface area contributed by atoms with E-state index in [0.29, 0.717) is 16.8 Å². The summed E-state index contributed by atoms with van der Waals surface area (Å²) in [6.07, 6.45) is 1.27. The van der Waals surface area contributed by atoms with Crippen LogP contribution < -0.4 is 0 Å². The third-order valence-corrected chi connectivity index (χ3v) is 6.19. The molecule has 10 nitrogen and oxygen atoms in total. The fraction of sp³-hybridized carbons (Fsp3) is 0.160. The predicted octanol–water partition coefficient (Wildman–Crippen LogP) is 2.56. The molecule has 36 heavy (non-hydrogen) atoms. The zero-order valence-corrected chi connectivity index (χ0v) is 18.8. The van der Waals surface area contributed by atoms with Crippen LogP contribution in [0.15, 0.2) is 54.7 Å². The number of nitrogens with zero attached hydrogens (tertiary/aromatic N) is 3. The number of aromatic amines is 2. The third kappa shape index (κ3) is 4.00. The average molecular weight is 489 g/mol. The lowest BCUT2D eigenvalue weighted by atomic mass is 10.0. The predicted molar refractivity (Wildman–Crippen MR) is 126 cm³/mol. The summed E-state index contributed by atoms with van der Waals surface area (Å²) in [5.41, 5.74) is 1.13. The van der Waals surface area contributed by atoms with E-state index in [9.17, 15) is 23.6 Å². The second-order valence-corrected chi connectivity index (χ2v) is 8.30. The number of halogens is 1. The van der Waals surface area contributed by atoms with Gasteiger partial charge in [0.1, 0.15) is 5.82 Å². The van der Waals surface area contributed by atoms with Crippen molar-refractivity contribution in [2.24, 2.45) is 0 Å². The fourth-order valence-electron chi connectivity index (χ4n) is 4.31. The Morgan fingerprint density at radius 2 is 1.64 bits per heavy atom. The minimum atomic E-state index is -1.23. The number of carbonyl (C=O) groups is 4. The van der Waals surface area contributed by atoms with Gasteiger partial charge >= 0.3 is 5.97 Å². The van der Waals surface area contributed by atoms with Gasteiger partial charge in [-0.15, -0.1) is 0 Å². The van der Waals surface area contributed by atoms with Crippen LogP contribution in [0.25, 0.3) is 22.2 Å². The van der Waals surface area contributed by atoms with E-state index in [2.05, 4.69) is 15.2 Å². The first-order chi connectivity index (χ1) is 17.3. The molecule has 11 heteroatoms. The summed E-state index contributed by atoms with van der Waals surface area (Å²) in [4.78, 5) is 55.7. The largest absolute Gasteiger partial charge is 0.476 e. The van der Waals surface area contributed by atoms with E-state index in [0.717, 1.165) is 6.07 Å². The van der Waals surface area contributed by atoms with E-state index in [4.69, 9.17) is 5.11 Å². The van der Waals surface area contributed by atoms with Crippen LogP contribution in [0.1, 0.15) is 31.2 Å². The monoisotopic (exact) mass is 489 g/mol. The number of hydrogen-bond acceptors (Lipinski definition) is 5.